The number of nitrogen functional groups attached to an aromatic ring is 1. The highest BCUT2D eigenvalue weighted by Gasteiger charge is 2.10. The number of aromatic nitrogens is 1. The molecule has 0 fully saturated rings. The predicted molar refractivity (Wildman–Crippen MR) is 78.4 cm³/mol. The van der Waals surface area contributed by atoms with E-state index in [1.54, 1.807) is 24.4 Å². The second-order valence-corrected chi connectivity index (χ2v) is 4.85. The highest BCUT2D eigenvalue weighted by Crippen LogP contribution is 2.26. The van der Waals surface area contributed by atoms with Crippen LogP contribution < -0.4 is 11.1 Å². The molecule has 0 unspecified atom stereocenters. The molecular weight excluding hydrogens is 258 g/mol. The van der Waals surface area contributed by atoms with Crippen molar-refractivity contribution < 1.29 is 4.79 Å². The average Bonchev–Trinajstić information content (AvgIpc) is 2.96. The summed E-state index contributed by atoms with van der Waals surface area (Å²) in [7, 11) is 0. The van der Waals surface area contributed by atoms with Gasteiger partial charge in [-0.05, 0) is 35.7 Å². The predicted octanol–water partition coefficient (Wildman–Crippen LogP) is 3.13. The minimum Gasteiger partial charge on any atom is -0.397 e. The van der Waals surface area contributed by atoms with Crippen LogP contribution in [0.2, 0.25) is 0 Å². The first-order valence-electron chi connectivity index (χ1n) is 5.72. The van der Waals surface area contributed by atoms with Gasteiger partial charge in [-0.3, -0.25) is 9.78 Å². The first-order chi connectivity index (χ1) is 9.25. The summed E-state index contributed by atoms with van der Waals surface area (Å²) in [4.78, 5) is 16.3. The maximum atomic E-state index is 12.0. The van der Waals surface area contributed by atoms with E-state index in [0.717, 1.165) is 5.39 Å². The van der Waals surface area contributed by atoms with Crippen LogP contribution in [-0.4, -0.2) is 10.9 Å². The topological polar surface area (TPSA) is 68.0 Å². The second-order valence-electron chi connectivity index (χ2n) is 4.07. The van der Waals surface area contributed by atoms with Gasteiger partial charge in [0.25, 0.3) is 5.91 Å². The van der Waals surface area contributed by atoms with Gasteiger partial charge in [0, 0.05) is 17.0 Å². The minimum absolute atomic E-state index is 0.129. The minimum atomic E-state index is -0.129. The van der Waals surface area contributed by atoms with Gasteiger partial charge < -0.3 is 11.1 Å². The third kappa shape index (κ3) is 2.15. The highest BCUT2D eigenvalue weighted by atomic mass is 32.1. The fraction of sp³-hybridized carbons (Fsp3) is 0. The number of nitrogens with one attached hydrogen (secondary N) is 1. The monoisotopic (exact) mass is 269 g/mol. The maximum absolute atomic E-state index is 12.0. The smallest absolute Gasteiger partial charge is 0.256 e. The number of hydrogen-bond donors (Lipinski definition) is 2. The summed E-state index contributed by atoms with van der Waals surface area (Å²) < 4.78 is 0. The average molecular weight is 269 g/mol. The molecule has 3 rings (SSSR count). The SMILES string of the molecule is Nc1ccc(NC(=O)c2ccsc2)c2cccnc12. The van der Waals surface area contributed by atoms with E-state index in [1.165, 1.54) is 11.3 Å². The van der Waals surface area contributed by atoms with Gasteiger partial charge in [-0.1, -0.05) is 0 Å². The van der Waals surface area contributed by atoms with Crippen LogP contribution in [0.25, 0.3) is 10.9 Å². The third-order valence-corrected chi connectivity index (χ3v) is 3.52. The largest absolute Gasteiger partial charge is 0.397 e. The summed E-state index contributed by atoms with van der Waals surface area (Å²) in [6.07, 6.45) is 1.68. The Morgan fingerprint density at radius 1 is 1.26 bits per heavy atom. The van der Waals surface area contributed by atoms with Crippen LogP contribution >= 0.6 is 11.3 Å². The molecule has 0 aliphatic heterocycles. The molecule has 0 bridgehead atoms. The van der Waals surface area contributed by atoms with Gasteiger partial charge in [-0.15, -0.1) is 0 Å². The molecule has 19 heavy (non-hydrogen) atoms. The van der Waals surface area contributed by atoms with Crippen molar-refractivity contribution in [2.24, 2.45) is 0 Å². The van der Waals surface area contributed by atoms with E-state index < -0.39 is 0 Å². The van der Waals surface area contributed by atoms with E-state index in [4.69, 9.17) is 5.73 Å². The summed E-state index contributed by atoms with van der Waals surface area (Å²) in [5, 5.41) is 7.41. The number of fused-ring (bicyclic) bond motifs is 1. The molecule has 1 amide bonds. The van der Waals surface area contributed by atoms with Crippen LogP contribution in [0.3, 0.4) is 0 Å². The van der Waals surface area contributed by atoms with Gasteiger partial charge in [0.15, 0.2) is 0 Å². The van der Waals surface area contributed by atoms with Crippen molar-refractivity contribution in [2.45, 2.75) is 0 Å². The molecule has 0 saturated heterocycles. The molecule has 3 aromatic rings. The van der Waals surface area contributed by atoms with Crippen molar-refractivity contribution in [3.63, 3.8) is 0 Å². The summed E-state index contributed by atoms with van der Waals surface area (Å²) in [5.74, 6) is -0.129. The van der Waals surface area contributed by atoms with E-state index in [9.17, 15) is 4.79 Å². The lowest BCUT2D eigenvalue weighted by Crippen LogP contribution is -2.11. The lowest BCUT2D eigenvalue weighted by Gasteiger charge is -2.09. The van der Waals surface area contributed by atoms with Crippen molar-refractivity contribution in [1.82, 2.24) is 4.98 Å². The number of nitrogens with zero attached hydrogens (tertiary/aromatic N) is 1. The number of thiophene rings is 1. The number of pyridine rings is 1. The van der Waals surface area contributed by atoms with Crippen LogP contribution in [0, 0.1) is 0 Å². The van der Waals surface area contributed by atoms with Crippen LogP contribution in [0.4, 0.5) is 11.4 Å². The van der Waals surface area contributed by atoms with Crippen LogP contribution in [0.15, 0.2) is 47.3 Å². The number of rotatable bonds is 2. The van der Waals surface area contributed by atoms with E-state index >= 15 is 0 Å². The van der Waals surface area contributed by atoms with Crippen molar-refractivity contribution in [1.29, 1.82) is 0 Å². The normalized spacial score (nSPS) is 10.5. The highest BCUT2D eigenvalue weighted by molar-refractivity contribution is 7.08. The Bertz CT molecular complexity index is 738. The van der Waals surface area contributed by atoms with Crippen molar-refractivity contribution in [3.8, 4) is 0 Å². The molecular formula is C14H11N3OS. The van der Waals surface area contributed by atoms with E-state index in [2.05, 4.69) is 10.3 Å². The Morgan fingerprint density at radius 3 is 2.95 bits per heavy atom. The molecule has 2 aromatic heterocycles. The van der Waals surface area contributed by atoms with Crippen molar-refractivity contribution in [2.75, 3.05) is 11.1 Å². The molecule has 0 spiro atoms. The Balaban J connectivity index is 2.02. The fourth-order valence-corrected chi connectivity index (χ4v) is 2.53. The third-order valence-electron chi connectivity index (χ3n) is 2.83. The lowest BCUT2D eigenvalue weighted by molar-refractivity contribution is 0.102. The molecule has 0 aliphatic rings. The van der Waals surface area contributed by atoms with Crippen molar-refractivity contribution >= 4 is 39.5 Å². The fourth-order valence-electron chi connectivity index (χ4n) is 1.89. The summed E-state index contributed by atoms with van der Waals surface area (Å²) in [5.41, 5.74) is 8.55. The second kappa shape index (κ2) is 4.70. The maximum Gasteiger partial charge on any atom is 0.256 e. The molecule has 5 heteroatoms. The molecule has 0 atom stereocenters. The number of hydrogen-bond acceptors (Lipinski definition) is 4. The Morgan fingerprint density at radius 2 is 2.16 bits per heavy atom. The number of anilines is 2. The van der Waals surface area contributed by atoms with Crippen LogP contribution in [0.1, 0.15) is 10.4 Å². The van der Waals surface area contributed by atoms with E-state index in [0.29, 0.717) is 22.5 Å². The zero-order valence-corrected chi connectivity index (χ0v) is 10.8. The van der Waals surface area contributed by atoms with Gasteiger partial charge in [-0.25, -0.2) is 0 Å². The number of nitrogens with two attached hydrogens (primary N) is 1. The zero-order chi connectivity index (χ0) is 13.2. The van der Waals surface area contributed by atoms with Gasteiger partial charge in [0.1, 0.15) is 0 Å². The molecule has 94 valence electrons. The number of carbonyl (C=O) groups excluding carboxylic acids is 1. The molecule has 1 aromatic carbocycles. The molecule has 0 radical (unpaired) electrons. The van der Waals surface area contributed by atoms with E-state index in [-0.39, 0.29) is 5.91 Å². The number of amides is 1. The number of carbonyl (C=O) groups is 1. The first kappa shape index (κ1) is 11.7. The van der Waals surface area contributed by atoms with Crippen molar-refractivity contribution in [3.05, 3.63) is 52.9 Å². The lowest BCUT2D eigenvalue weighted by atomic mass is 10.1. The molecule has 0 aliphatic carbocycles. The van der Waals surface area contributed by atoms with Gasteiger partial charge in [0.2, 0.25) is 0 Å². The molecule has 2 heterocycles. The van der Waals surface area contributed by atoms with E-state index in [1.807, 2.05) is 22.9 Å². The van der Waals surface area contributed by atoms with Gasteiger partial charge in [0.05, 0.1) is 22.5 Å². The quantitative estimate of drug-likeness (QED) is 0.702. The summed E-state index contributed by atoms with van der Waals surface area (Å²) >= 11 is 1.49. The zero-order valence-electron chi connectivity index (χ0n) is 9.96. The Hall–Kier alpha value is -2.40. The van der Waals surface area contributed by atoms with Crippen LogP contribution in [-0.2, 0) is 0 Å². The van der Waals surface area contributed by atoms with Gasteiger partial charge >= 0.3 is 0 Å². The van der Waals surface area contributed by atoms with Crippen LogP contribution in [0.5, 0.6) is 0 Å². The summed E-state index contributed by atoms with van der Waals surface area (Å²) in [6, 6.07) is 9.05. The number of benzene rings is 1. The first-order valence-corrected chi connectivity index (χ1v) is 6.67. The standard InChI is InChI=1S/C14H11N3OS/c15-11-3-4-12(10-2-1-6-16-13(10)11)17-14(18)9-5-7-19-8-9/h1-8H,15H2,(H,17,18). The Kier molecular flexibility index (Phi) is 2.89. The van der Waals surface area contributed by atoms with Gasteiger partial charge in [-0.2, -0.15) is 11.3 Å². The summed E-state index contributed by atoms with van der Waals surface area (Å²) in [6.45, 7) is 0. The molecule has 0 saturated carbocycles. The molecule has 3 N–H and O–H groups in total. The Labute approximate surface area is 113 Å². The molecule has 4 nitrogen and oxygen atoms in total.